The van der Waals surface area contributed by atoms with Gasteiger partial charge in [-0.1, -0.05) is 42.0 Å². The van der Waals surface area contributed by atoms with Gasteiger partial charge in [0.25, 0.3) is 18.0 Å². The van der Waals surface area contributed by atoms with Crippen LogP contribution in [0.25, 0.3) is 0 Å². The molecule has 13 heteroatoms. The van der Waals surface area contributed by atoms with E-state index < -0.39 is 43.6 Å². The van der Waals surface area contributed by atoms with Crippen molar-refractivity contribution in [1.29, 1.82) is 0 Å². The summed E-state index contributed by atoms with van der Waals surface area (Å²) >= 11 is 0. The molecular formula is C20H21BF4N2O6. The average molecular weight is 472 g/mol. The Morgan fingerprint density at radius 2 is 1.73 bits per heavy atom. The molecule has 0 fully saturated rings. The molecule has 2 aromatic rings. The lowest BCUT2D eigenvalue weighted by atomic mass is 10.1. The molecule has 2 aromatic carbocycles. The number of alkyl halides is 4. The van der Waals surface area contributed by atoms with Gasteiger partial charge in [-0.2, -0.15) is 0 Å². The largest absolute Gasteiger partial charge is 0.635 e. The van der Waals surface area contributed by atoms with Crippen LogP contribution in [0.2, 0.25) is 0 Å². The fraction of sp³-hybridized carbons (Fsp3) is 0.300. The molecule has 4 N–H and O–H groups in total. The zero-order valence-corrected chi connectivity index (χ0v) is 17.3. The first-order valence-corrected chi connectivity index (χ1v) is 9.57. The summed E-state index contributed by atoms with van der Waals surface area (Å²) in [6.07, 6.45) is -9.00. The molecule has 178 valence electrons. The highest BCUT2D eigenvalue weighted by atomic mass is 19.4. The molecule has 0 bridgehead atoms. The van der Waals surface area contributed by atoms with E-state index in [1.54, 1.807) is 24.3 Å². The molecule has 1 unspecified atom stereocenters. The van der Waals surface area contributed by atoms with Crippen LogP contribution in [-0.4, -0.2) is 47.9 Å². The van der Waals surface area contributed by atoms with E-state index >= 15 is 0 Å². The van der Waals surface area contributed by atoms with E-state index in [0.29, 0.717) is 5.56 Å². The summed E-state index contributed by atoms with van der Waals surface area (Å²) in [4.78, 5) is 24.1. The van der Waals surface area contributed by atoms with Gasteiger partial charge in [-0.25, -0.2) is 4.39 Å². The highest BCUT2D eigenvalue weighted by molar-refractivity contribution is 6.32. The molecule has 0 spiro atoms. The van der Waals surface area contributed by atoms with Gasteiger partial charge in [0.15, 0.2) is 0 Å². The van der Waals surface area contributed by atoms with Gasteiger partial charge < -0.3 is 30.1 Å². The fourth-order valence-corrected chi connectivity index (χ4v) is 2.70. The molecule has 33 heavy (non-hydrogen) atoms. The average Bonchev–Trinajstić information content (AvgIpc) is 2.71. The normalized spacial score (nSPS) is 13.1. The van der Waals surface area contributed by atoms with Gasteiger partial charge in [-0.05, 0) is 30.2 Å². The molecule has 0 heterocycles. The number of hydrogen-bond acceptors (Lipinski definition) is 6. The van der Waals surface area contributed by atoms with E-state index in [9.17, 15) is 27.2 Å². The number of rotatable bonds is 10. The third kappa shape index (κ3) is 9.47. The summed E-state index contributed by atoms with van der Waals surface area (Å²) in [5.41, 5.74) is 1.76. The molecule has 0 aliphatic carbocycles. The predicted molar refractivity (Wildman–Crippen MR) is 108 cm³/mol. The van der Waals surface area contributed by atoms with Gasteiger partial charge in [0.2, 0.25) is 0 Å². The molecule has 0 radical (unpaired) electrons. The van der Waals surface area contributed by atoms with Crippen LogP contribution < -0.4 is 15.4 Å². The van der Waals surface area contributed by atoms with Crippen LogP contribution in [0, 0.1) is 6.92 Å². The van der Waals surface area contributed by atoms with Crippen LogP contribution >= 0.6 is 0 Å². The summed E-state index contributed by atoms with van der Waals surface area (Å²) in [5.74, 6) is -3.28. The van der Waals surface area contributed by atoms with Crippen molar-refractivity contribution in [1.82, 2.24) is 10.6 Å². The maximum Gasteiger partial charge on any atom is 0.635 e. The molecule has 0 aromatic heterocycles. The number of ether oxygens (including phenoxy) is 1. The van der Waals surface area contributed by atoms with Crippen LogP contribution in [0.15, 0.2) is 48.5 Å². The number of nitrogens with one attached hydrogen (secondary N) is 2. The van der Waals surface area contributed by atoms with E-state index in [-0.39, 0.29) is 18.5 Å². The van der Waals surface area contributed by atoms with Crippen LogP contribution in [0.3, 0.4) is 0 Å². The Morgan fingerprint density at radius 3 is 2.33 bits per heavy atom. The monoisotopic (exact) mass is 472 g/mol. The minimum absolute atomic E-state index is 0.0516. The maximum atomic E-state index is 14.3. The first-order chi connectivity index (χ1) is 15.4. The van der Waals surface area contributed by atoms with Gasteiger partial charge in [-0.15, -0.1) is 13.2 Å². The second-order valence-corrected chi connectivity index (χ2v) is 6.92. The van der Waals surface area contributed by atoms with Crippen LogP contribution in [0.1, 0.15) is 16.7 Å². The summed E-state index contributed by atoms with van der Waals surface area (Å²) in [5, 5.41) is 22.2. The summed E-state index contributed by atoms with van der Waals surface area (Å²) in [7, 11) is -2.26. The Labute approximate surface area is 186 Å². The zero-order valence-electron chi connectivity index (χ0n) is 17.3. The highest BCUT2D eigenvalue weighted by Gasteiger charge is 2.31. The summed E-state index contributed by atoms with van der Waals surface area (Å²) < 4.78 is 59.7. The van der Waals surface area contributed by atoms with E-state index in [4.69, 9.17) is 14.7 Å². The lowest BCUT2D eigenvalue weighted by molar-refractivity contribution is -0.274. The Balaban J connectivity index is 1.94. The van der Waals surface area contributed by atoms with Gasteiger partial charge in [-0.3, -0.25) is 9.59 Å². The summed E-state index contributed by atoms with van der Waals surface area (Å²) in [6.45, 7) is 1.48. The number of hydrogen-bond donors (Lipinski definition) is 4. The Hall–Kier alpha value is -3.16. The van der Waals surface area contributed by atoms with Crippen molar-refractivity contribution in [2.45, 2.75) is 38.7 Å². The zero-order chi connectivity index (χ0) is 24.6. The molecule has 8 nitrogen and oxygen atoms in total. The molecule has 0 saturated carbocycles. The van der Waals surface area contributed by atoms with Crippen molar-refractivity contribution in [3.63, 3.8) is 0 Å². The Morgan fingerprint density at radius 1 is 1.06 bits per heavy atom. The van der Waals surface area contributed by atoms with Crippen molar-refractivity contribution in [2.24, 2.45) is 0 Å². The minimum atomic E-state index is -4.90. The van der Waals surface area contributed by atoms with Gasteiger partial charge in [0, 0.05) is 13.0 Å². The quantitative estimate of drug-likeness (QED) is 0.180. The fourth-order valence-electron chi connectivity index (χ4n) is 2.70. The van der Waals surface area contributed by atoms with Crippen molar-refractivity contribution in [2.75, 3.05) is 0 Å². The number of carbonyl (C=O) groups is 2. The molecule has 0 aliphatic rings. The molecular weight excluding hydrogens is 451 g/mol. The minimum Gasteiger partial charge on any atom is -0.406 e. The third-order valence-electron chi connectivity index (χ3n) is 4.19. The number of aryl methyl sites for hydroxylation is 1. The SMILES string of the molecule is Cc1ccc(C[C@H](NC(=O)C(F)C(=O)NCc2cccc(OC(F)(F)F)c2)OB(O)O)cc1. The smallest absolute Gasteiger partial charge is 0.406 e. The number of carbonyl (C=O) groups excluding carboxylic acids is 2. The number of benzene rings is 2. The van der Waals surface area contributed by atoms with Crippen LogP contribution in [0.5, 0.6) is 5.75 Å². The topological polar surface area (TPSA) is 117 Å². The Kier molecular flexibility index (Phi) is 9.20. The number of amides is 2. The predicted octanol–water partition coefficient (Wildman–Crippen LogP) is 1.52. The van der Waals surface area contributed by atoms with Crippen LogP contribution in [-0.2, 0) is 27.2 Å². The van der Waals surface area contributed by atoms with Crippen LogP contribution in [0.4, 0.5) is 17.6 Å². The second-order valence-electron chi connectivity index (χ2n) is 6.92. The lowest BCUT2D eigenvalue weighted by Crippen LogP contribution is -2.49. The third-order valence-corrected chi connectivity index (χ3v) is 4.19. The lowest BCUT2D eigenvalue weighted by Gasteiger charge is -2.20. The molecule has 2 amide bonds. The second kappa shape index (κ2) is 11.6. The van der Waals surface area contributed by atoms with Crippen molar-refractivity contribution < 1.29 is 46.6 Å². The van der Waals surface area contributed by atoms with E-state index in [1.165, 1.54) is 12.1 Å². The first kappa shape index (κ1) is 26.1. The van der Waals surface area contributed by atoms with E-state index in [1.807, 2.05) is 6.92 Å². The Bertz CT molecular complexity index is 943. The van der Waals surface area contributed by atoms with Gasteiger partial charge in [0.1, 0.15) is 12.0 Å². The van der Waals surface area contributed by atoms with Gasteiger partial charge in [0.05, 0.1) is 0 Å². The highest BCUT2D eigenvalue weighted by Crippen LogP contribution is 2.23. The number of halogens is 4. The standard InChI is InChI=1S/C20H21BF4N2O6/c1-12-5-7-13(8-6-12)10-16(33-21(30)31)27-19(29)17(22)18(28)26-11-14-3-2-4-15(9-14)32-20(23,24)25/h2-9,16-17,30-31H,10-11H2,1H3,(H,26,28)(H,27,29)/t16-,17?/m1/s1. The molecule has 2 rings (SSSR count). The molecule has 0 aliphatic heterocycles. The van der Waals surface area contributed by atoms with Crippen molar-refractivity contribution in [3.8, 4) is 5.75 Å². The van der Waals surface area contributed by atoms with E-state index in [2.05, 4.69) is 15.4 Å². The molecule has 0 saturated heterocycles. The maximum absolute atomic E-state index is 14.3. The van der Waals surface area contributed by atoms with E-state index in [0.717, 1.165) is 17.7 Å². The van der Waals surface area contributed by atoms with Crippen molar-refractivity contribution in [3.05, 3.63) is 65.2 Å². The summed E-state index contributed by atoms with van der Waals surface area (Å²) in [6, 6.07) is 11.6. The molecule has 2 atom stereocenters. The first-order valence-electron chi connectivity index (χ1n) is 9.57. The van der Waals surface area contributed by atoms with Gasteiger partial charge >= 0.3 is 13.7 Å². The van der Waals surface area contributed by atoms with Crippen molar-refractivity contribution >= 4 is 19.1 Å².